The van der Waals surface area contributed by atoms with Gasteiger partial charge in [0.15, 0.2) is 5.65 Å². The number of anilines is 2. The number of aromatic nitrogens is 5. The van der Waals surface area contributed by atoms with E-state index in [0.717, 1.165) is 59.1 Å². The van der Waals surface area contributed by atoms with Gasteiger partial charge in [0.25, 0.3) is 0 Å². The molecule has 0 bridgehead atoms. The molecular formula is C39H48N8O4. The fraction of sp³-hybridized carbons (Fsp3) is 0.436. The lowest BCUT2D eigenvalue weighted by Gasteiger charge is -2.39. The van der Waals surface area contributed by atoms with E-state index in [1.807, 2.05) is 65.2 Å². The van der Waals surface area contributed by atoms with Gasteiger partial charge in [-0.3, -0.25) is 9.72 Å². The number of hydrogen-bond donors (Lipinski definition) is 3. The van der Waals surface area contributed by atoms with Crippen molar-refractivity contribution in [1.82, 2.24) is 29.7 Å². The molecule has 5 aromatic rings. The van der Waals surface area contributed by atoms with Crippen LogP contribution in [0.2, 0.25) is 0 Å². The lowest BCUT2D eigenvalue weighted by Crippen LogP contribution is -2.44. The number of carbonyl (C=O) groups excluding carboxylic acids is 1. The van der Waals surface area contributed by atoms with E-state index in [4.69, 9.17) is 14.6 Å². The first-order valence-electron chi connectivity index (χ1n) is 18.0. The molecule has 2 amide bonds. The summed E-state index contributed by atoms with van der Waals surface area (Å²) in [5.41, 5.74) is 4.20. The highest BCUT2D eigenvalue weighted by atomic mass is 16.5. The molecule has 0 spiro atoms. The minimum Gasteiger partial charge on any atom is -0.491 e. The number of urea groups is 1. The summed E-state index contributed by atoms with van der Waals surface area (Å²) in [5.74, 6) is 2.75. The number of benzene rings is 2. The van der Waals surface area contributed by atoms with Gasteiger partial charge in [0.05, 0.1) is 30.2 Å². The zero-order valence-corrected chi connectivity index (χ0v) is 30.0. The first-order chi connectivity index (χ1) is 24.6. The number of aliphatic hydroxyl groups is 1. The van der Waals surface area contributed by atoms with Gasteiger partial charge < -0.3 is 24.8 Å². The van der Waals surface area contributed by atoms with Crippen LogP contribution in [0, 0.1) is 0 Å². The predicted octanol–water partition coefficient (Wildman–Crippen LogP) is 7.13. The molecule has 0 saturated carbocycles. The van der Waals surface area contributed by atoms with Crippen LogP contribution in [-0.4, -0.2) is 60.8 Å². The van der Waals surface area contributed by atoms with Crippen LogP contribution in [0.15, 0.2) is 72.9 Å². The Morgan fingerprint density at radius 1 is 0.922 bits per heavy atom. The fourth-order valence-electron chi connectivity index (χ4n) is 7.32. The smallest absolute Gasteiger partial charge is 0.320 e. The molecule has 2 unspecified atom stereocenters. The van der Waals surface area contributed by atoms with Crippen molar-refractivity contribution in [2.24, 2.45) is 0 Å². The molecule has 51 heavy (non-hydrogen) atoms. The average Bonchev–Trinajstić information content (AvgIpc) is 3.73. The van der Waals surface area contributed by atoms with Gasteiger partial charge in [-0.2, -0.15) is 5.10 Å². The lowest BCUT2D eigenvalue weighted by molar-refractivity contribution is 0.171. The van der Waals surface area contributed by atoms with Crippen molar-refractivity contribution in [3.8, 4) is 17.2 Å². The number of nitrogens with one attached hydrogen (secondary N) is 2. The van der Waals surface area contributed by atoms with E-state index in [0.29, 0.717) is 30.1 Å². The number of nitrogens with zero attached hydrogens (tertiary/aromatic N) is 6. The largest absolute Gasteiger partial charge is 0.491 e. The molecule has 12 heteroatoms. The quantitative estimate of drug-likeness (QED) is 0.149. The Balaban J connectivity index is 1.09. The summed E-state index contributed by atoms with van der Waals surface area (Å²) in [5, 5.41) is 29.4. The number of aliphatic hydroxyl groups excluding tert-OH is 1. The molecule has 1 fully saturated rings. The molecule has 2 aliphatic rings. The molecule has 4 atom stereocenters. The Morgan fingerprint density at radius 2 is 1.71 bits per heavy atom. The highest BCUT2D eigenvalue weighted by molar-refractivity contribution is 5.89. The third kappa shape index (κ3) is 7.23. The number of pyridine rings is 1. The lowest BCUT2D eigenvalue weighted by atomic mass is 9.85. The molecule has 1 aliphatic heterocycles. The minimum absolute atomic E-state index is 0.0816. The zero-order chi connectivity index (χ0) is 35.7. The van der Waals surface area contributed by atoms with Gasteiger partial charge in [-0.15, -0.1) is 10.2 Å². The maximum atomic E-state index is 13.7. The van der Waals surface area contributed by atoms with E-state index < -0.39 is 0 Å². The molecule has 268 valence electrons. The van der Waals surface area contributed by atoms with Crippen LogP contribution in [0.3, 0.4) is 0 Å². The van der Waals surface area contributed by atoms with Crippen LogP contribution in [0.1, 0.15) is 95.7 Å². The molecule has 12 nitrogen and oxygen atoms in total. The second-order valence-electron chi connectivity index (χ2n) is 14.7. The van der Waals surface area contributed by atoms with Gasteiger partial charge in [-0.05, 0) is 81.3 Å². The molecule has 3 aromatic heterocycles. The van der Waals surface area contributed by atoms with Gasteiger partial charge in [-0.25, -0.2) is 9.48 Å². The highest BCUT2D eigenvalue weighted by Crippen LogP contribution is 2.39. The van der Waals surface area contributed by atoms with Crippen LogP contribution >= 0.6 is 0 Å². The summed E-state index contributed by atoms with van der Waals surface area (Å²) < 4.78 is 16.1. The molecule has 3 N–H and O–H groups in total. The summed E-state index contributed by atoms with van der Waals surface area (Å²) >= 11 is 0. The summed E-state index contributed by atoms with van der Waals surface area (Å²) in [7, 11) is 0. The second-order valence-corrected chi connectivity index (χ2v) is 14.7. The summed E-state index contributed by atoms with van der Waals surface area (Å²) in [6.45, 7) is 10.9. The Morgan fingerprint density at radius 3 is 2.47 bits per heavy atom. The number of piperidine rings is 1. The SMILES string of the molecule is CC1CCCC(C)N1c1nnc2ccc(O[C@@H]3CC[C@H](NC(=O)Nc4cc(C(C)(C)C)nn4-c4cccc(OCCO)c4)c4ccccc43)cn12. The predicted molar refractivity (Wildman–Crippen MR) is 197 cm³/mol. The first-order valence-corrected chi connectivity index (χ1v) is 18.0. The van der Waals surface area contributed by atoms with E-state index in [1.54, 1.807) is 4.68 Å². The monoisotopic (exact) mass is 692 g/mol. The fourth-order valence-corrected chi connectivity index (χ4v) is 7.32. The van der Waals surface area contributed by atoms with Crippen LogP contribution in [0.25, 0.3) is 11.3 Å². The molecule has 1 aliphatic carbocycles. The molecule has 2 aromatic carbocycles. The van der Waals surface area contributed by atoms with Crippen molar-refractivity contribution in [2.75, 3.05) is 23.4 Å². The van der Waals surface area contributed by atoms with Gasteiger partial charge >= 0.3 is 6.03 Å². The van der Waals surface area contributed by atoms with Crippen LogP contribution in [-0.2, 0) is 5.41 Å². The topological polar surface area (TPSA) is 131 Å². The molecule has 7 rings (SSSR count). The standard InChI is InChI=1S/C39H48N8O4/c1-25-10-8-11-26(2)46(25)38-43-42-35-19-16-29(24-45(35)38)51-33-18-17-32(30-14-6-7-15-31(30)33)40-37(49)41-36-23-34(39(3,4)5)44-47(36)27-12-9-13-28(22-27)50-21-20-48/h6-7,9,12-16,19,22-26,32-33,48H,8,10-11,17-18,20-21H2,1-5H3,(H2,40,41,49)/t25?,26?,32-,33+/m0/s1. The molecular weight excluding hydrogens is 644 g/mol. The Hall–Kier alpha value is -5.10. The normalized spacial score (nSPS) is 20.5. The Bertz CT molecular complexity index is 1990. The maximum Gasteiger partial charge on any atom is 0.320 e. The second kappa shape index (κ2) is 14.3. The third-order valence-corrected chi connectivity index (χ3v) is 9.94. The van der Waals surface area contributed by atoms with E-state index in [-0.39, 0.29) is 36.8 Å². The Labute approximate surface area is 298 Å². The van der Waals surface area contributed by atoms with Crippen LogP contribution in [0.4, 0.5) is 16.6 Å². The highest BCUT2D eigenvalue weighted by Gasteiger charge is 2.31. The van der Waals surface area contributed by atoms with Crippen molar-refractivity contribution in [1.29, 1.82) is 0 Å². The number of ether oxygens (including phenoxy) is 2. The Kier molecular flexibility index (Phi) is 9.61. The van der Waals surface area contributed by atoms with E-state index in [9.17, 15) is 9.90 Å². The minimum atomic E-state index is -0.324. The summed E-state index contributed by atoms with van der Waals surface area (Å²) in [6, 6.07) is 21.7. The first kappa shape index (κ1) is 34.4. The van der Waals surface area contributed by atoms with E-state index in [2.05, 4.69) is 72.5 Å². The van der Waals surface area contributed by atoms with Gasteiger partial charge in [0.2, 0.25) is 5.95 Å². The van der Waals surface area contributed by atoms with Gasteiger partial charge in [0.1, 0.15) is 30.0 Å². The number of carbonyl (C=O) groups is 1. The third-order valence-electron chi connectivity index (χ3n) is 9.94. The van der Waals surface area contributed by atoms with Crippen LogP contribution < -0.4 is 25.0 Å². The van der Waals surface area contributed by atoms with Crippen molar-refractivity contribution in [3.63, 3.8) is 0 Å². The number of amides is 2. The van der Waals surface area contributed by atoms with Crippen molar-refractivity contribution in [2.45, 2.75) is 96.4 Å². The zero-order valence-electron chi connectivity index (χ0n) is 30.0. The van der Waals surface area contributed by atoms with Gasteiger partial charge in [0, 0.05) is 29.6 Å². The average molecular weight is 693 g/mol. The van der Waals surface area contributed by atoms with E-state index in [1.165, 1.54) is 6.42 Å². The van der Waals surface area contributed by atoms with Crippen molar-refractivity contribution < 1.29 is 19.4 Å². The molecule has 0 radical (unpaired) electrons. The van der Waals surface area contributed by atoms with Crippen molar-refractivity contribution in [3.05, 3.63) is 89.7 Å². The number of fused-ring (bicyclic) bond motifs is 2. The molecule has 1 saturated heterocycles. The number of rotatable bonds is 9. The molecule has 4 heterocycles. The number of hydrogen-bond acceptors (Lipinski definition) is 8. The van der Waals surface area contributed by atoms with E-state index >= 15 is 0 Å². The summed E-state index contributed by atoms with van der Waals surface area (Å²) in [4.78, 5) is 16.0. The van der Waals surface area contributed by atoms with Gasteiger partial charge in [-0.1, -0.05) is 51.1 Å². The van der Waals surface area contributed by atoms with Crippen molar-refractivity contribution >= 4 is 23.4 Å². The van der Waals surface area contributed by atoms with Crippen LogP contribution in [0.5, 0.6) is 11.5 Å². The maximum absolute atomic E-state index is 13.7. The summed E-state index contributed by atoms with van der Waals surface area (Å²) in [6.07, 6.45) is 6.75.